The number of aromatic nitrogens is 2. The van der Waals surface area contributed by atoms with Crippen molar-refractivity contribution in [2.45, 2.75) is 78.6 Å². The number of anilines is 5. The first-order valence-corrected chi connectivity index (χ1v) is 19.2. The van der Waals surface area contributed by atoms with Gasteiger partial charge in [0, 0.05) is 65.6 Å². The third kappa shape index (κ3) is 7.09. The monoisotopic (exact) mass is 725 g/mol. The lowest BCUT2D eigenvalue weighted by Crippen LogP contribution is -2.26. The van der Waals surface area contributed by atoms with Gasteiger partial charge in [0.1, 0.15) is 17.3 Å². The van der Waals surface area contributed by atoms with Crippen LogP contribution in [0.3, 0.4) is 0 Å². The van der Waals surface area contributed by atoms with Crippen LogP contribution in [0.15, 0.2) is 134 Å². The predicted molar refractivity (Wildman–Crippen MR) is 229 cm³/mol. The summed E-state index contributed by atoms with van der Waals surface area (Å²) in [5.74, 6) is 2.36. The lowest BCUT2D eigenvalue weighted by molar-refractivity contribution is 0.483. The highest BCUT2D eigenvalue weighted by Gasteiger charge is 2.29. The molecule has 6 aromatic rings. The average Bonchev–Trinajstić information content (AvgIpc) is 3.61. The van der Waals surface area contributed by atoms with Crippen LogP contribution in [0.1, 0.15) is 79.0 Å². The number of benzene rings is 4. The van der Waals surface area contributed by atoms with Gasteiger partial charge in [-0.1, -0.05) is 98.7 Å². The zero-order valence-electron chi connectivity index (χ0n) is 33.6. The van der Waals surface area contributed by atoms with Crippen molar-refractivity contribution >= 4 is 28.6 Å². The van der Waals surface area contributed by atoms with Gasteiger partial charge in [-0.15, -0.1) is 0 Å². The van der Waals surface area contributed by atoms with E-state index in [-0.39, 0.29) is 16.2 Å². The SMILES string of the molecule is CC(C)(C)c1cc(N2C=CN(c3cccc(Oc4ccc5c(c4)N(c4cc(C(C)(C)C)ccn4)c4ccncc4-c4ccccc4-5)c3)C2)cc(C(C)(C)C)c1. The summed E-state index contributed by atoms with van der Waals surface area (Å²) in [7, 11) is 0. The second-order valence-electron chi connectivity index (χ2n) is 17.9. The average molecular weight is 726 g/mol. The molecule has 6 heteroatoms. The number of hydrogen-bond donors (Lipinski definition) is 0. The highest BCUT2D eigenvalue weighted by molar-refractivity contribution is 6.02. The molecule has 0 N–H and O–H groups in total. The van der Waals surface area contributed by atoms with Gasteiger partial charge in [0.2, 0.25) is 0 Å². The maximum Gasteiger partial charge on any atom is 0.137 e. The van der Waals surface area contributed by atoms with Gasteiger partial charge in [-0.2, -0.15) is 0 Å². The van der Waals surface area contributed by atoms with E-state index in [4.69, 9.17) is 9.72 Å². The molecule has 4 heterocycles. The van der Waals surface area contributed by atoms with Crippen molar-refractivity contribution in [3.05, 3.63) is 151 Å². The number of rotatable bonds is 5. The van der Waals surface area contributed by atoms with E-state index in [1.54, 1.807) is 0 Å². The highest BCUT2D eigenvalue weighted by atomic mass is 16.5. The van der Waals surface area contributed by atoms with Crippen molar-refractivity contribution in [1.29, 1.82) is 0 Å². The summed E-state index contributed by atoms with van der Waals surface area (Å²) in [6, 6.07) is 36.7. The Kier molecular flexibility index (Phi) is 8.83. The second kappa shape index (κ2) is 13.5. The zero-order valence-corrected chi connectivity index (χ0v) is 33.6. The first-order chi connectivity index (χ1) is 26.1. The first kappa shape index (κ1) is 36.1. The summed E-state index contributed by atoms with van der Waals surface area (Å²) in [5.41, 5.74) is 12.7. The number of ether oxygens (including phenoxy) is 1. The number of pyridine rings is 2. The molecule has 4 aromatic carbocycles. The molecule has 0 amide bonds. The van der Waals surface area contributed by atoms with Gasteiger partial charge in [-0.25, -0.2) is 4.98 Å². The first-order valence-electron chi connectivity index (χ1n) is 19.2. The Hall–Kier alpha value is -5.88. The highest BCUT2D eigenvalue weighted by Crippen LogP contribution is 2.51. The molecule has 8 rings (SSSR count). The van der Waals surface area contributed by atoms with E-state index in [1.165, 1.54) is 22.4 Å². The molecule has 0 bridgehead atoms. The summed E-state index contributed by atoms with van der Waals surface area (Å²) < 4.78 is 6.72. The summed E-state index contributed by atoms with van der Waals surface area (Å²) in [6.45, 7) is 21.1. The van der Waals surface area contributed by atoms with E-state index in [0.717, 1.165) is 56.6 Å². The molecule has 0 atom stereocenters. The number of fused-ring (bicyclic) bond motifs is 5. The van der Waals surface area contributed by atoms with Crippen molar-refractivity contribution in [1.82, 2.24) is 9.97 Å². The standard InChI is InChI=1S/C49H51N5O/c1-47(2,3)33-19-22-51-46(28-33)54-44-20-21-50-31-43(44)41-16-11-10-15-40(41)42-18-17-39(30-45(42)54)55-38-14-12-13-36(29-38)52-23-24-53(32-52)37-26-34(48(4,5)6)25-35(27-37)49(7,8)9/h10-31H,32H2,1-9H3. The molecule has 0 fully saturated rings. The fourth-order valence-corrected chi connectivity index (χ4v) is 7.37. The van der Waals surface area contributed by atoms with Crippen LogP contribution in [0.25, 0.3) is 22.3 Å². The third-order valence-electron chi connectivity index (χ3n) is 10.7. The predicted octanol–water partition coefficient (Wildman–Crippen LogP) is 13.0. The molecule has 2 aliphatic heterocycles. The Balaban J connectivity index is 1.13. The van der Waals surface area contributed by atoms with Crippen molar-refractivity contribution in [3.8, 4) is 33.8 Å². The minimum absolute atomic E-state index is 0.0419. The quantitative estimate of drug-likeness (QED) is 0.176. The molecular formula is C49H51N5O. The van der Waals surface area contributed by atoms with Gasteiger partial charge in [0.25, 0.3) is 0 Å². The minimum atomic E-state index is -0.0419. The Bertz CT molecular complexity index is 2390. The fraction of sp³-hybridized carbons (Fsp3) is 0.265. The molecule has 0 radical (unpaired) electrons. The maximum absolute atomic E-state index is 6.72. The smallest absolute Gasteiger partial charge is 0.137 e. The van der Waals surface area contributed by atoms with Crippen molar-refractivity contribution in [2.75, 3.05) is 21.4 Å². The molecule has 2 aromatic heterocycles. The summed E-state index contributed by atoms with van der Waals surface area (Å²) >= 11 is 0. The lowest BCUT2D eigenvalue weighted by atomic mass is 9.80. The van der Waals surface area contributed by atoms with Gasteiger partial charge in [-0.05, 0) is 98.7 Å². The van der Waals surface area contributed by atoms with Crippen LogP contribution < -0.4 is 19.4 Å². The molecular weight excluding hydrogens is 675 g/mol. The summed E-state index contributed by atoms with van der Waals surface area (Å²) in [4.78, 5) is 16.4. The molecule has 0 aliphatic carbocycles. The van der Waals surface area contributed by atoms with Crippen LogP contribution >= 0.6 is 0 Å². The molecule has 2 aliphatic rings. The summed E-state index contributed by atoms with van der Waals surface area (Å²) in [6.07, 6.45) is 10.1. The van der Waals surface area contributed by atoms with Gasteiger partial charge in [0.05, 0.1) is 18.0 Å². The van der Waals surface area contributed by atoms with Crippen molar-refractivity contribution in [3.63, 3.8) is 0 Å². The van der Waals surface area contributed by atoms with Crippen LogP contribution in [0.2, 0.25) is 0 Å². The second-order valence-corrected chi connectivity index (χ2v) is 17.9. The van der Waals surface area contributed by atoms with E-state index >= 15 is 0 Å². The topological polar surface area (TPSA) is 44.7 Å². The van der Waals surface area contributed by atoms with Crippen molar-refractivity contribution < 1.29 is 4.74 Å². The van der Waals surface area contributed by atoms with Gasteiger partial charge < -0.3 is 14.5 Å². The Morgan fingerprint density at radius 2 is 1.16 bits per heavy atom. The largest absolute Gasteiger partial charge is 0.457 e. The molecule has 6 nitrogen and oxygen atoms in total. The maximum atomic E-state index is 6.72. The molecule has 0 unspecified atom stereocenters. The zero-order chi connectivity index (χ0) is 38.7. The van der Waals surface area contributed by atoms with Gasteiger partial charge in [-0.3, -0.25) is 9.88 Å². The fourth-order valence-electron chi connectivity index (χ4n) is 7.37. The van der Waals surface area contributed by atoms with Gasteiger partial charge in [0.15, 0.2) is 0 Å². The van der Waals surface area contributed by atoms with Crippen LogP contribution in [-0.2, 0) is 16.2 Å². The van der Waals surface area contributed by atoms with Gasteiger partial charge >= 0.3 is 0 Å². The van der Waals surface area contributed by atoms with E-state index in [9.17, 15) is 0 Å². The Morgan fingerprint density at radius 3 is 1.85 bits per heavy atom. The summed E-state index contributed by atoms with van der Waals surface area (Å²) in [5, 5.41) is 0. The Morgan fingerprint density at radius 1 is 0.509 bits per heavy atom. The molecule has 0 spiro atoms. The Labute approximate surface area is 326 Å². The lowest BCUT2D eigenvalue weighted by Gasteiger charge is -2.29. The van der Waals surface area contributed by atoms with E-state index in [2.05, 4.69) is 191 Å². The molecule has 55 heavy (non-hydrogen) atoms. The minimum Gasteiger partial charge on any atom is -0.457 e. The molecule has 0 saturated carbocycles. The third-order valence-corrected chi connectivity index (χ3v) is 10.7. The van der Waals surface area contributed by atoms with Crippen LogP contribution in [0, 0.1) is 0 Å². The van der Waals surface area contributed by atoms with E-state index in [0.29, 0.717) is 6.67 Å². The van der Waals surface area contributed by atoms with E-state index in [1.807, 2.05) is 24.7 Å². The van der Waals surface area contributed by atoms with Crippen molar-refractivity contribution in [2.24, 2.45) is 0 Å². The van der Waals surface area contributed by atoms with E-state index < -0.39 is 0 Å². The normalized spacial score (nSPS) is 14.0. The van der Waals surface area contributed by atoms with Crippen LogP contribution in [-0.4, -0.2) is 16.6 Å². The molecule has 0 saturated heterocycles. The van der Waals surface area contributed by atoms with Crippen LogP contribution in [0.4, 0.5) is 28.6 Å². The molecule has 278 valence electrons. The number of nitrogens with zero attached hydrogens (tertiary/aromatic N) is 5. The number of hydrogen-bond acceptors (Lipinski definition) is 6. The van der Waals surface area contributed by atoms with Crippen LogP contribution in [0.5, 0.6) is 11.5 Å².